The number of nitrogens with two attached hydrogens (primary N) is 1. The van der Waals surface area contributed by atoms with Gasteiger partial charge in [0.25, 0.3) is 0 Å². The van der Waals surface area contributed by atoms with E-state index in [4.69, 9.17) is 15.2 Å². The first kappa shape index (κ1) is 24.9. The van der Waals surface area contributed by atoms with Crippen molar-refractivity contribution in [2.75, 3.05) is 13.2 Å². The first-order valence-electron chi connectivity index (χ1n) is 9.06. The van der Waals surface area contributed by atoms with Crippen molar-refractivity contribution in [3.63, 3.8) is 0 Å². The zero-order valence-corrected chi connectivity index (χ0v) is 16.5. The molecule has 166 valence electrons. The average Bonchev–Trinajstić information content (AvgIpc) is 2.64. The zero-order chi connectivity index (χ0) is 22.9. The summed E-state index contributed by atoms with van der Waals surface area (Å²) in [7, 11) is 0. The molecule has 30 heavy (non-hydrogen) atoms. The van der Waals surface area contributed by atoms with E-state index in [0.717, 1.165) is 24.3 Å². The molecule has 0 unspecified atom stereocenters. The second-order valence-corrected chi connectivity index (χ2v) is 6.19. The summed E-state index contributed by atoms with van der Waals surface area (Å²) in [5, 5.41) is 2.25. The number of hydrogen-bond acceptors (Lipinski definition) is 6. The molecule has 1 aromatic carbocycles. The molecule has 0 radical (unpaired) electrons. The molecular weight excluding hydrogens is 409 g/mol. The van der Waals surface area contributed by atoms with E-state index in [-0.39, 0.29) is 25.2 Å². The number of nitrogens with one attached hydrogen (secondary N) is 1. The monoisotopic (exact) mass is 432 g/mol. The number of ether oxygens (including phenoxy) is 2. The molecule has 11 heteroatoms. The zero-order valence-electron chi connectivity index (χ0n) is 16.5. The molecule has 0 spiro atoms. The molecule has 1 rings (SSSR count). The van der Waals surface area contributed by atoms with Crippen molar-refractivity contribution in [2.24, 2.45) is 11.7 Å². The first-order valence-corrected chi connectivity index (χ1v) is 9.06. The molecule has 0 aliphatic rings. The number of amides is 2. The third-order valence-electron chi connectivity index (χ3n) is 3.95. The summed E-state index contributed by atoms with van der Waals surface area (Å²) in [5.41, 5.74) is 4.65. The van der Waals surface area contributed by atoms with Gasteiger partial charge in [-0.25, -0.2) is 0 Å². The summed E-state index contributed by atoms with van der Waals surface area (Å²) in [4.78, 5) is 48.1. The Kier molecular flexibility index (Phi) is 9.28. The van der Waals surface area contributed by atoms with Crippen LogP contribution in [0.1, 0.15) is 31.4 Å². The number of primary amides is 1. The molecule has 0 aliphatic carbocycles. The van der Waals surface area contributed by atoms with Gasteiger partial charge in [0.15, 0.2) is 0 Å². The fourth-order valence-electron chi connectivity index (χ4n) is 2.58. The Morgan fingerprint density at radius 2 is 1.60 bits per heavy atom. The molecule has 0 aliphatic heterocycles. The Labute approximate surface area is 170 Å². The SMILES string of the molecule is CCOC(=O)C[C@H](C(=O)OCC)[C@H](NC(=O)Cc1ccc(C(F)(F)F)cc1)C(N)=O. The molecule has 3 N–H and O–H groups in total. The van der Waals surface area contributed by atoms with Crippen LogP contribution in [0.25, 0.3) is 0 Å². The third kappa shape index (κ3) is 7.72. The number of hydrogen-bond donors (Lipinski definition) is 2. The van der Waals surface area contributed by atoms with Crippen LogP contribution in [-0.2, 0) is 41.2 Å². The Morgan fingerprint density at radius 1 is 1.03 bits per heavy atom. The molecule has 0 heterocycles. The fraction of sp³-hybridized carbons (Fsp3) is 0.474. The van der Waals surface area contributed by atoms with Crippen LogP contribution in [0.15, 0.2) is 24.3 Å². The topological polar surface area (TPSA) is 125 Å². The lowest BCUT2D eigenvalue weighted by Crippen LogP contribution is -2.52. The van der Waals surface area contributed by atoms with Gasteiger partial charge in [0.2, 0.25) is 11.8 Å². The van der Waals surface area contributed by atoms with Crippen LogP contribution >= 0.6 is 0 Å². The van der Waals surface area contributed by atoms with E-state index < -0.39 is 53.9 Å². The molecule has 8 nitrogen and oxygen atoms in total. The van der Waals surface area contributed by atoms with Crippen molar-refractivity contribution in [1.29, 1.82) is 0 Å². The maximum absolute atomic E-state index is 12.6. The summed E-state index contributed by atoms with van der Waals surface area (Å²) in [5.74, 6) is -5.00. The van der Waals surface area contributed by atoms with E-state index in [9.17, 15) is 32.3 Å². The van der Waals surface area contributed by atoms with Crippen LogP contribution in [0.3, 0.4) is 0 Å². The lowest BCUT2D eigenvalue weighted by molar-refractivity contribution is -0.157. The maximum Gasteiger partial charge on any atom is 0.416 e. The minimum atomic E-state index is -4.52. The summed E-state index contributed by atoms with van der Waals surface area (Å²) in [6.07, 6.45) is -5.45. The van der Waals surface area contributed by atoms with Crippen molar-refractivity contribution < 1.29 is 41.8 Å². The number of carbonyl (C=O) groups is 4. The highest BCUT2D eigenvalue weighted by atomic mass is 19.4. The van der Waals surface area contributed by atoms with Crippen LogP contribution < -0.4 is 11.1 Å². The molecule has 0 saturated carbocycles. The Balaban J connectivity index is 2.95. The molecule has 1 aromatic rings. The number of esters is 2. The lowest BCUT2D eigenvalue weighted by Gasteiger charge is -2.23. The smallest absolute Gasteiger partial charge is 0.416 e. The van der Waals surface area contributed by atoms with Crippen LogP contribution in [0, 0.1) is 5.92 Å². The van der Waals surface area contributed by atoms with Crippen molar-refractivity contribution in [3.05, 3.63) is 35.4 Å². The largest absolute Gasteiger partial charge is 0.466 e. The second kappa shape index (κ2) is 11.2. The average molecular weight is 432 g/mol. The molecular formula is C19H23F3N2O6. The first-order chi connectivity index (χ1) is 14.0. The van der Waals surface area contributed by atoms with Gasteiger partial charge in [0.1, 0.15) is 6.04 Å². The maximum atomic E-state index is 12.6. The number of benzene rings is 1. The molecule has 2 amide bonds. The van der Waals surface area contributed by atoms with Gasteiger partial charge in [0.05, 0.1) is 37.5 Å². The molecule has 0 saturated heterocycles. The number of alkyl halides is 3. The van der Waals surface area contributed by atoms with Gasteiger partial charge < -0.3 is 20.5 Å². The van der Waals surface area contributed by atoms with Crippen LogP contribution in [0.2, 0.25) is 0 Å². The van der Waals surface area contributed by atoms with E-state index in [1.54, 1.807) is 6.92 Å². The van der Waals surface area contributed by atoms with E-state index in [1.165, 1.54) is 6.92 Å². The standard InChI is InChI=1S/C19H23F3N2O6/c1-3-29-15(26)10-13(18(28)30-4-2)16(17(23)27)24-14(25)9-11-5-7-12(8-6-11)19(20,21)22/h5-8,13,16H,3-4,9-10H2,1-2H3,(H2,23,27)(H,24,25)/t13-,16-/m0/s1. The fourth-order valence-corrected chi connectivity index (χ4v) is 2.58. The minimum Gasteiger partial charge on any atom is -0.466 e. The Hall–Kier alpha value is -3.11. The molecule has 0 fully saturated rings. The van der Waals surface area contributed by atoms with E-state index in [0.29, 0.717) is 0 Å². The van der Waals surface area contributed by atoms with Gasteiger partial charge in [-0.1, -0.05) is 12.1 Å². The van der Waals surface area contributed by atoms with Crippen LogP contribution in [0.4, 0.5) is 13.2 Å². The van der Waals surface area contributed by atoms with Crippen molar-refractivity contribution in [2.45, 2.75) is 38.9 Å². The summed E-state index contributed by atoms with van der Waals surface area (Å²) >= 11 is 0. The minimum absolute atomic E-state index is 0.0376. The predicted octanol–water partition coefficient (Wildman–Crippen LogP) is 1.35. The van der Waals surface area contributed by atoms with Gasteiger partial charge in [-0.3, -0.25) is 19.2 Å². The predicted molar refractivity (Wildman–Crippen MR) is 97.6 cm³/mol. The second-order valence-electron chi connectivity index (χ2n) is 6.19. The van der Waals surface area contributed by atoms with Gasteiger partial charge >= 0.3 is 18.1 Å². The number of halogens is 3. The Bertz CT molecular complexity index is 765. The lowest BCUT2D eigenvalue weighted by atomic mass is 9.95. The normalized spacial score (nSPS) is 13.1. The van der Waals surface area contributed by atoms with E-state index in [1.807, 2.05) is 0 Å². The molecule has 2 atom stereocenters. The van der Waals surface area contributed by atoms with Crippen molar-refractivity contribution in [1.82, 2.24) is 5.32 Å². The molecule has 0 aromatic heterocycles. The number of rotatable bonds is 10. The summed E-state index contributed by atoms with van der Waals surface area (Å²) in [6.45, 7) is 3.06. The highest BCUT2D eigenvalue weighted by Gasteiger charge is 2.37. The number of carbonyl (C=O) groups excluding carboxylic acids is 4. The highest BCUT2D eigenvalue weighted by Crippen LogP contribution is 2.29. The van der Waals surface area contributed by atoms with E-state index in [2.05, 4.69) is 5.32 Å². The van der Waals surface area contributed by atoms with Gasteiger partial charge in [-0.2, -0.15) is 13.2 Å². The quantitative estimate of drug-likeness (QED) is 0.538. The van der Waals surface area contributed by atoms with Gasteiger partial charge in [0, 0.05) is 0 Å². The van der Waals surface area contributed by atoms with Crippen LogP contribution in [0.5, 0.6) is 0 Å². The third-order valence-corrected chi connectivity index (χ3v) is 3.95. The van der Waals surface area contributed by atoms with Gasteiger partial charge in [-0.15, -0.1) is 0 Å². The summed E-state index contributed by atoms with van der Waals surface area (Å²) < 4.78 is 47.5. The summed E-state index contributed by atoms with van der Waals surface area (Å²) in [6, 6.07) is 2.29. The van der Waals surface area contributed by atoms with Crippen molar-refractivity contribution >= 4 is 23.8 Å². The van der Waals surface area contributed by atoms with Crippen LogP contribution in [-0.4, -0.2) is 43.0 Å². The Morgan fingerprint density at radius 3 is 2.07 bits per heavy atom. The van der Waals surface area contributed by atoms with E-state index >= 15 is 0 Å². The highest BCUT2D eigenvalue weighted by molar-refractivity contribution is 5.93. The van der Waals surface area contributed by atoms with Gasteiger partial charge in [-0.05, 0) is 31.5 Å². The molecule has 0 bridgehead atoms. The van der Waals surface area contributed by atoms with Crippen molar-refractivity contribution in [3.8, 4) is 0 Å².